The molecule has 2 aliphatic rings. The zero-order valence-corrected chi connectivity index (χ0v) is 17.4. The number of amides is 1. The van der Waals surface area contributed by atoms with Crippen molar-refractivity contribution >= 4 is 16.8 Å². The first-order valence-electron chi connectivity index (χ1n) is 10.8. The molecule has 31 heavy (non-hydrogen) atoms. The molecule has 0 spiro atoms. The Morgan fingerprint density at radius 2 is 2.06 bits per heavy atom. The van der Waals surface area contributed by atoms with Crippen LogP contribution in [0.3, 0.4) is 0 Å². The number of carbonyl (C=O) groups excluding carboxylic acids is 1. The molecule has 6 heteroatoms. The molecule has 1 aliphatic heterocycles. The molecule has 154 valence electrons. The van der Waals surface area contributed by atoms with Gasteiger partial charge in [0.25, 0.3) is 0 Å². The van der Waals surface area contributed by atoms with Crippen LogP contribution in [0.25, 0.3) is 33.5 Å². The van der Waals surface area contributed by atoms with E-state index in [4.69, 9.17) is 15.7 Å². The number of hydrogen-bond acceptors (Lipinski definition) is 4. The predicted molar refractivity (Wildman–Crippen MR) is 119 cm³/mol. The second kappa shape index (κ2) is 6.74. The molecule has 2 unspecified atom stereocenters. The number of benzene rings is 1. The van der Waals surface area contributed by atoms with Crippen molar-refractivity contribution in [3.8, 4) is 22.6 Å². The summed E-state index contributed by atoms with van der Waals surface area (Å²) in [6, 6.07) is 14.7. The van der Waals surface area contributed by atoms with E-state index in [1.54, 1.807) is 6.20 Å². The van der Waals surface area contributed by atoms with Crippen molar-refractivity contribution in [1.82, 2.24) is 19.5 Å². The lowest BCUT2D eigenvalue weighted by Crippen LogP contribution is -2.14. The van der Waals surface area contributed by atoms with E-state index in [1.165, 1.54) is 25.1 Å². The topological polar surface area (TPSA) is 86.7 Å². The average molecular weight is 409 g/mol. The zero-order valence-electron chi connectivity index (χ0n) is 17.4. The third-order valence-corrected chi connectivity index (χ3v) is 6.67. The summed E-state index contributed by atoms with van der Waals surface area (Å²) < 4.78 is 2.44. The first-order valence-corrected chi connectivity index (χ1v) is 10.8. The van der Waals surface area contributed by atoms with E-state index in [2.05, 4.69) is 21.7 Å². The molecule has 0 saturated heterocycles. The molecule has 3 aromatic heterocycles. The molecule has 2 N–H and O–H groups in total. The number of aryl methyl sites for hydroxylation is 1. The van der Waals surface area contributed by atoms with E-state index in [0.717, 1.165) is 44.8 Å². The van der Waals surface area contributed by atoms with Crippen LogP contribution in [0.4, 0.5) is 0 Å². The molecule has 6 rings (SSSR count). The number of rotatable bonds is 4. The van der Waals surface area contributed by atoms with Crippen molar-refractivity contribution in [3.05, 3.63) is 65.7 Å². The Balaban J connectivity index is 1.60. The van der Waals surface area contributed by atoms with Gasteiger partial charge in [0.05, 0.1) is 23.3 Å². The van der Waals surface area contributed by atoms with Crippen LogP contribution in [-0.4, -0.2) is 25.4 Å². The molecule has 1 amide bonds. The molecule has 1 fully saturated rings. The summed E-state index contributed by atoms with van der Waals surface area (Å²) >= 11 is 0. The second-order valence-corrected chi connectivity index (χ2v) is 8.71. The lowest BCUT2D eigenvalue weighted by atomic mass is 10.00. The standard InChI is InChI=1S/C25H23N5O/c1-14-3-2-4-21(28-14)23-24(30-18-7-5-17(11-18)25(30)29-23)16-6-8-20-19(12-16)15(9-10-27-20)13-22(26)31/h2-4,6,8-10,12,17-18H,5,7,11,13H2,1H3,(H2,26,31). The summed E-state index contributed by atoms with van der Waals surface area (Å²) in [5.41, 5.74) is 12.3. The molecule has 4 heterocycles. The van der Waals surface area contributed by atoms with Crippen molar-refractivity contribution in [2.75, 3.05) is 0 Å². The summed E-state index contributed by atoms with van der Waals surface area (Å²) in [5.74, 6) is 1.38. The second-order valence-electron chi connectivity index (χ2n) is 8.71. The molecular formula is C25H23N5O. The van der Waals surface area contributed by atoms with Gasteiger partial charge in [0, 0.05) is 34.8 Å². The first kappa shape index (κ1) is 18.2. The highest BCUT2D eigenvalue weighted by Crippen LogP contribution is 2.52. The predicted octanol–water partition coefficient (Wildman–Crippen LogP) is 4.32. The minimum atomic E-state index is -0.342. The number of hydrogen-bond donors (Lipinski definition) is 1. The number of imidazole rings is 1. The van der Waals surface area contributed by atoms with E-state index < -0.39 is 0 Å². The van der Waals surface area contributed by atoms with Crippen molar-refractivity contribution in [1.29, 1.82) is 0 Å². The molecule has 4 aromatic rings. The lowest BCUT2D eigenvalue weighted by Gasteiger charge is -2.18. The lowest BCUT2D eigenvalue weighted by molar-refractivity contribution is -0.117. The van der Waals surface area contributed by atoms with Crippen molar-refractivity contribution in [2.24, 2.45) is 5.73 Å². The minimum absolute atomic E-state index is 0.198. The number of carbonyl (C=O) groups is 1. The van der Waals surface area contributed by atoms with E-state index in [-0.39, 0.29) is 12.3 Å². The largest absolute Gasteiger partial charge is 0.369 e. The highest BCUT2D eigenvalue weighted by molar-refractivity contribution is 5.92. The Kier molecular flexibility index (Phi) is 3.96. The van der Waals surface area contributed by atoms with Gasteiger partial charge in [0.1, 0.15) is 11.5 Å². The summed E-state index contributed by atoms with van der Waals surface area (Å²) in [4.78, 5) is 26.0. The smallest absolute Gasteiger partial charge is 0.221 e. The van der Waals surface area contributed by atoms with E-state index in [1.807, 2.05) is 37.3 Å². The number of nitrogens with two attached hydrogens (primary N) is 1. The van der Waals surface area contributed by atoms with Gasteiger partial charge < -0.3 is 10.3 Å². The summed E-state index contributed by atoms with van der Waals surface area (Å²) in [5, 5.41) is 0.959. The van der Waals surface area contributed by atoms with Gasteiger partial charge in [-0.1, -0.05) is 12.1 Å². The van der Waals surface area contributed by atoms with Crippen LogP contribution in [-0.2, 0) is 11.2 Å². The van der Waals surface area contributed by atoms with Crippen LogP contribution in [0.15, 0.2) is 48.7 Å². The van der Waals surface area contributed by atoms with Gasteiger partial charge in [-0.25, -0.2) is 4.98 Å². The average Bonchev–Trinajstić information content (AvgIpc) is 3.46. The van der Waals surface area contributed by atoms with Crippen LogP contribution in [0.2, 0.25) is 0 Å². The van der Waals surface area contributed by atoms with Gasteiger partial charge >= 0.3 is 0 Å². The highest BCUT2D eigenvalue weighted by atomic mass is 16.1. The maximum atomic E-state index is 11.6. The first-order chi connectivity index (χ1) is 15.1. The Hall–Kier alpha value is -3.54. The monoisotopic (exact) mass is 409 g/mol. The number of primary amides is 1. The maximum absolute atomic E-state index is 11.6. The Morgan fingerprint density at radius 3 is 2.90 bits per heavy atom. The highest BCUT2D eigenvalue weighted by Gasteiger charge is 2.41. The van der Waals surface area contributed by atoms with Crippen molar-refractivity contribution in [2.45, 2.75) is 44.6 Å². The Morgan fingerprint density at radius 1 is 1.16 bits per heavy atom. The third kappa shape index (κ3) is 2.86. The number of nitrogens with zero attached hydrogens (tertiary/aromatic N) is 4. The van der Waals surface area contributed by atoms with E-state index in [0.29, 0.717) is 12.0 Å². The van der Waals surface area contributed by atoms with Crippen LogP contribution >= 0.6 is 0 Å². The third-order valence-electron chi connectivity index (χ3n) is 6.67. The minimum Gasteiger partial charge on any atom is -0.369 e. The molecule has 2 atom stereocenters. The summed E-state index contributed by atoms with van der Waals surface area (Å²) in [6.45, 7) is 2.01. The molecule has 1 aromatic carbocycles. The van der Waals surface area contributed by atoms with E-state index in [9.17, 15) is 4.79 Å². The molecule has 1 saturated carbocycles. The molecule has 0 radical (unpaired) electrons. The quantitative estimate of drug-likeness (QED) is 0.544. The summed E-state index contributed by atoms with van der Waals surface area (Å²) in [7, 11) is 0. The van der Waals surface area contributed by atoms with Gasteiger partial charge in [-0.3, -0.25) is 14.8 Å². The number of fused-ring (bicyclic) bond motifs is 6. The van der Waals surface area contributed by atoms with Crippen LogP contribution in [0, 0.1) is 6.92 Å². The fourth-order valence-electron chi connectivity index (χ4n) is 5.36. The Labute approximate surface area is 180 Å². The van der Waals surface area contributed by atoms with Gasteiger partial charge in [0.2, 0.25) is 5.91 Å². The molecular weight excluding hydrogens is 386 g/mol. The van der Waals surface area contributed by atoms with Crippen LogP contribution in [0.5, 0.6) is 0 Å². The number of aromatic nitrogens is 4. The van der Waals surface area contributed by atoms with Crippen LogP contribution < -0.4 is 5.73 Å². The molecule has 1 aliphatic carbocycles. The van der Waals surface area contributed by atoms with Crippen molar-refractivity contribution < 1.29 is 4.79 Å². The van der Waals surface area contributed by atoms with Gasteiger partial charge in [0.15, 0.2) is 0 Å². The summed E-state index contributed by atoms with van der Waals surface area (Å²) in [6.07, 6.45) is 5.52. The molecule has 6 nitrogen and oxygen atoms in total. The zero-order chi connectivity index (χ0) is 21.1. The SMILES string of the molecule is Cc1cccc(-c2nc3n(c2-c2ccc4nccc(CC(N)=O)c4c2)C2CCC3C2)n1. The van der Waals surface area contributed by atoms with Crippen LogP contribution in [0.1, 0.15) is 48.3 Å². The fourth-order valence-corrected chi connectivity index (χ4v) is 5.36. The van der Waals surface area contributed by atoms with Gasteiger partial charge in [-0.2, -0.15) is 0 Å². The van der Waals surface area contributed by atoms with Crippen molar-refractivity contribution in [3.63, 3.8) is 0 Å². The fraction of sp³-hybridized carbons (Fsp3) is 0.280. The van der Waals surface area contributed by atoms with E-state index >= 15 is 0 Å². The molecule has 2 bridgehead atoms. The maximum Gasteiger partial charge on any atom is 0.221 e. The van der Waals surface area contributed by atoms with Gasteiger partial charge in [-0.15, -0.1) is 0 Å². The Bertz CT molecular complexity index is 1360. The van der Waals surface area contributed by atoms with Gasteiger partial charge in [-0.05, 0) is 62.1 Å². The normalized spacial score (nSPS) is 19.1. The number of pyridine rings is 2.